The third-order valence-corrected chi connectivity index (χ3v) is 26.8. The topological polar surface area (TPSA) is 161 Å². The number of halogens is 19. The summed E-state index contributed by atoms with van der Waals surface area (Å²) in [5, 5.41) is 40.5. The molecule has 2 saturated heterocycles. The number of allylic oxidation sites excluding steroid dienone is 2. The molecular formula is C72H81F19O11S2. The van der Waals surface area contributed by atoms with E-state index in [1.54, 1.807) is 0 Å². The molecule has 0 amide bonds. The first-order valence-electron chi connectivity index (χ1n) is 34.3. The number of rotatable bonds is 10. The molecule has 8 aliphatic carbocycles. The summed E-state index contributed by atoms with van der Waals surface area (Å²) in [5.74, 6) is -34.1. The quantitative estimate of drug-likeness (QED) is 0.0569. The van der Waals surface area contributed by atoms with Crippen molar-refractivity contribution < 1.29 is 135 Å². The monoisotopic (exact) mass is 1550 g/mol. The van der Waals surface area contributed by atoms with Crippen LogP contribution in [0.15, 0.2) is 100.0 Å². The second-order valence-corrected chi connectivity index (χ2v) is 34.9. The third-order valence-electron chi connectivity index (χ3n) is 25.2. The first-order chi connectivity index (χ1) is 47.4. The molecule has 0 bridgehead atoms. The average molecular weight is 1550 g/mol. The number of hydrogen-bond donors (Lipinski definition) is 5. The van der Waals surface area contributed by atoms with Crippen LogP contribution in [0.2, 0.25) is 0 Å². The molecule has 580 valence electrons. The van der Waals surface area contributed by atoms with E-state index in [1.807, 2.05) is 62.4 Å². The highest BCUT2D eigenvalue weighted by Crippen LogP contribution is 2.74. The Hall–Kier alpha value is -4.41. The fourth-order valence-electron chi connectivity index (χ4n) is 19.6. The van der Waals surface area contributed by atoms with E-state index in [0.717, 1.165) is 51.8 Å². The van der Waals surface area contributed by atoms with Gasteiger partial charge < -0.3 is 43.6 Å². The number of fused-ring (bicyclic) bond motifs is 8. The number of aliphatic hydroxyl groups is 4. The summed E-state index contributed by atoms with van der Waals surface area (Å²) in [6, 6.07) is 18.1. The Morgan fingerprint density at radius 1 is 0.452 bits per heavy atom. The molecule has 11 nitrogen and oxygen atoms in total. The van der Waals surface area contributed by atoms with Crippen LogP contribution < -0.4 is 4.18 Å². The molecule has 13 rings (SSSR count). The van der Waals surface area contributed by atoms with E-state index in [-0.39, 0.29) is 93.3 Å². The van der Waals surface area contributed by atoms with Crippen LogP contribution in [0.4, 0.5) is 83.4 Å². The largest absolute Gasteiger partial charge is 0.460 e. The second-order valence-electron chi connectivity index (χ2n) is 32.8. The van der Waals surface area contributed by atoms with Gasteiger partial charge >= 0.3 is 57.6 Å². The summed E-state index contributed by atoms with van der Waals surface area (Å²) in [4.78, 5) is 0.821. The van der Waals surface area contributed by atoms with Gasteiger partial charge in [-0.3, -0.25) is 0 Å². The van der Waals surface area contributed by atoms with Gasteiger partial charge in [0.1, 0.15) is 17.0 Å². The lowest BCUT2D eigenvalue weighted by molar-refractivity contribution is -0.382. The highest BCUT2D eigenvalue weighted by Gasteiger charge is 2.87. The van der Waals surface area contributed by atoms with Gasteiger partial charge in [-0.25, -0.2) is 0 Å². The Morgan fingerprint density at radius 2 is 0.798 bits per heavy atom. The molecule has 12 atom stereocenters. The summed E-state index contributed by atoms with van der Waals surface area (Å²) < 4.78 is 320. The van der Waals surface area contributed by atoms with Crippen molar-refractivity contribution in [1.29, 1.82) is 0 Å². The van der Waals surface area contributed by atoms with Gasteiger partial charge in [0.15, 0.2) is 11.6 Å². The molecule has 2 spiro atoms. The van der Waals surface area contributed by atoms with Crippen LogP contribution in [0.1, 0.15) is 167 Å². The zero-order valence-corrected chi connectivity index (χ0v) is 58.9. The lowest BCUT2D eigenvalue weighted by Crippen LogP contribution is -2.65. The molecule has 32 heteroatoms. The smallest absolute Gasteiger partial charge is 0.385 e. The molecule has 4 unspecified atom stereocenters. The van der Waals surface area contributed by atoms with E-state index >= 15 is 17.6 Å². The van der Waals surface area contributed by atoms with Crippen molar-refractivity contribution >= 4 is 22.7 Å². The normalized spacial score (nSPS) is 35.0. The van der Waals surface area contributed by atoms with E-state index in [2.05, 4.69) is 30.7 Å². The lowest BCUT2D eigenvalue weighted by Gasteiger charge is -2.59. The molecule has 2 heterocycles. The molecule has 6 saturated carbocycles. The van der Waals surface area contributed by atoms with Crippen LogP contribution in [0.5, 0.6) is 5.75 Å². The number of thiol groups is 1. The van der Waals surface area contributed by atoms with E-state index in [0.29, 0.717) is 62.2 Å². The van der Waals surface area contributed by atoms with Crippen LogP contribution in [0.25, 0.3) is 11.1 Å². The number of hydrogen-bond acceptors (Lipinski definition) is 12. The van der Waals surface area contributed by atoms with Crippen molar-refractivity contribution in [3.05, 3.63) is 106 Å². The van der Waals surface area contributed by atoms with Gasteiger partial charge in [0, 0.05) is 64.1 Å². The number of benzene rings is 3. The first kappa shape index (κ1) is 79.1. The van der Waals surface area contributed by atoms with Crippen molar-refractivity contribution in [2.45, 2.75) is 242 Å². The summed E-state index contributed by atoms with van der Waals surface area (Å²) >= 11 is 4.36. The second kappa shape index (κ2) is 24.8. The number of alkyl halides is 19. The van der Waals surface area contributed by atoms with Crippen molar-refractivity contribution in [3.63, 3.8) is 0 Å². The Kier molecular flexibility index (Phi) is 18.9. The lowest BCUT2D eigenvalue weighted by atomic mass is 9.49. The molecule has 0 radical (unpaired) electrons. The van der Waals surface area contributed by atoms with Crippen molar-refractivity contribution in [2.24, 2.45) is 45.3 Å². The molecule has 2 aliphatic heterocycles. The van der Waals surface area contributed by atoms with Gasteiger partial charge in [-0.2, -0.15) is 91.8 Å². The van der Waals surface area contributed by atoms with Crippen molar-refractivity contribution in [3.8, 4) is 16.9 Å². The van der Waals surface area contributed by atoms with Crippen LogP contribution in [-0.4, -0.2) is 137 Å². The Bertz CT molecular complexity index is 3950. The Balaban J connectivity index is 0.000000199. The third kappa shape index (κ3) is 12.1. The maximum atomic E-state index is 15.4. The summed E-state index contributed by atoms with van der Waals surface area (Å²) in [6.07, 6.45) is -19.9. The molecular weight excluding hydrogens is 1470 g/mol. The van der Waals surface area contributed by atoms with Gasteiger partial charge in [0.05, 0.1) is 37.6 Å². The highest BCUT2D eigenvalue weighted by molar-refractivity contribution is 7.88. The van der Waals surface area contributed by atoms with E-state index < -0.39 is 157 Å². The van der Waals surface area contributed by atoms with Gasteiger partial charge in [0.2, 0.25) is 0 Å². The highest BCUT2D eigenvalue weighted by atomic mass is 32.2. The predicted molar refractivity (Wildman–Crippen MR) is 338 cm³/mol. The number of ether oxygens (including phenoxy) is 4. The fraction of sp³-hybridized carbons (Fsp3) is 0.694. The zero-order valence-electron chi connectivity index (χ0n) is 57.2. The van der Waals surface area contributed by atoms with Crippen molar-refractivity contribution in [1.82, 2.24) is 0 Å². The van der Waals surface area contributed by atoms with Crippen LogP contribution in [0.3, 0.4) is 0 Å². The average Bonchev–Trinajstić information content (AvgIpc) is 1.47. The van der Waals surface area contributed by atoms with Gasteiger partial charge in [-0.05, 0) is 158 Å². The van der Waals surface area contributed by atoms with Crippen LogP contribution >= 0.6 is 12.6 Å². The minimum Gasteiger partial charge on any atom is -0.385 e. The molecule has 104 heavy (non-hydrogen) atoms. The summed E-state index contributed by atoms with van der Waals surface area (Å²) in [5.41, 5.74) is -9.10. The van der Waals surface area contributed by atoms with Crippen LogP contribution in [-0.2, 0) is 29.1 Å². The SMILES string of the molecule is CC1(C)COC2(CCC3=C4C(CC[C@@]3(O)C2)C2CC[C@@](O)(C(F)(F)C(F)(F)F)[C@@]2(C)C[C@@H]4c2ccc(-c3ccc(S)cc3)cc2)OC1.CC1(C)COC2(CCC3=C4C(CC[C@@]3(O)C2)C2CC[C@@](O)(C(F)(F)C(F)(F)F)[C@@]2(C)C[C@@H]4c2ccc(OS(=O)(=O)C(F)(F)C(F)(F)C(F)(F)C(F)(F)F)cc2)OC1. The van der Waals surface area contributed by atoms with Gasteiger partial charge in [0.25, 0.3) is 0 Å². The van der Waals surface area contributed by atoms with E-state index in [1.165, 1.54) is 6.92 Å². The standard InChI is InChI=1S/C37H43F5O4S.C35H38F14O7S/c1-31(2)20-45-34(46-21-31)16-13-29-30-26(12-15-33(29,43)19-34)28-14-17-35(44,36(38,39)37(40,41)42)32(28,3)18-27(30)24-6-4-22(5-7-24)23-8-10-25(47)11-9-23;1-25(2)16-54-28(55-17-25)12-9-23-24-20(8-11-27(23,50)15-28)22-10-13-29(51,30(36,37)33(42,43)44)26(22,3)14-21(24)18-4-6-19(7-5-18)56-57(52,53)35(48,49)32(40,41)31(38,39)34(45,46)47/h4-11,26-28,43-44,47H,12-21H2,1-3H3;4-7,20-22,50-51H,8-17H2,1-3H3/t26?,27-,28?,32+,33-,35+;20?,21-,22?,26+,27-,29+/m11/s1. The predicted octanol–water partition coefficient (Wildman–Crippen LogP) is 17.9. The van der Waals surface area contributed by atoms with E-state index in [9.17, 15) is 94.7 Å². The molecule has 0 aromatic heterocycles. The maximum absolute atomic E-state index is 15.4. The minimum absolute atomic E-state index is 0.0153. The molecule has 4 N–H and O–H groups in total. The fourth-order valence-corrected chi connectivity index (χ4v) is 20.7. The Morgan fingerprint density at radius 3 is 1.14 bits per heavy atom. The molecule has 3 aromatic rings. The van der Waals surface area contributed by atoms with Crippen LogP contribution in [0, 0.1) is 45.3 Å². The van der Waals surface area contributed by atoms with E-state index in [4.69, 9.17) is 18.9 Å². The molecule has 10 aliphatic rings. The minimum atomic E-state index is -7.58. The zero-order chi connectivity index (χ0) is 76.9. The van der Waals surface area contributed by atoms with Gasteiger partial charge in [-0.1, -0.05) is 101 Å². The summed E-state index contributed by atoms with van der Waals surface area (Å²) in [6.45, 7) is 11.9. The molecule has 8 fully saturated rings. The maximum Gasteiger partial charge on any atom is 0.460 e. The summed E-state index contributed by atoms with van der Waals surface area (Å²) in [7, 11) is -7.34. The first-order valence-corrected chi connectivity index (χ1v) is 36.2. The van der Waals surface area contributed by atoms with Crippen molar-refractivity contribution in [2.75, 3.05) is 26.4 Å². The Labute approximate surface area is 593 Å². The van der Waals surface area contributed by atoms with Gasteiger partial charge in [-0.15, -0.1) is 12.6 Å². The molecule has 3 aromatic carbocycles.